The molecule has 1 aliphatic heterocycles. The number of fused-ring (bicyclic) bond motifs is 1. The number of aryl methyl sites for hydroxylation is 1. The van der Waals surface area contributed by atoms with E-state index in [0.717, 1.165) is 11.3 Å². The molecule has 0 radical (unpaired) electrons. The topological polar surface area (TPSA) is 37.4 Å². The monoisotopic (exact) mass is 183 g/mol. The Labute approximate surface area is 71.7 Å². The van der Waals surface area contributed by atoms with Gasteiger partial charge in [-0.2, -0.15) is 0 Å². The summed E-state index contributed by atoms with van der Waals surface area (Å²) in [7, 11) is -1.55. The van der Waals surface area contributed by atoms with Crippen molar-refractivity contribution >= 4 is 15.7 Å². The fourth-order valence-corrected chi connectivity index (χ4v) is 2.71. The fourth-order valence-electron chi connectivity index (χ4n) is 1.33. The molecule has 1 aromatic rings. The summed E-state index contributed by atoms with van der Waals surface area (Å²) in [6, 6.07) is 5.43. The Morgan fingerprint density at radius 2 is 2.00 bits per heavy atom. The number of nitrogens with zero attached hydrogens (tertiary/aromatic N) is 1. The van der Waals surface area contributed by atoms with Crippen LogP contribution >= 0.6 is 0 Å². The molecule has 1 aliphatic rings. The van der Waals surface area contributed by atoms with Crippen molar-refractivity contribution in [2.75, 3.05) is 11.4 Å². The zero-order valence-corrected chi connectivity index (χ0v) is 7.72. The molecule has 0 unspecified atom stereocenters. The molecule has 0 amide bonds. The third-order valence-corrected chi connectivity index (χ3v) is 3.89. The minimum absolute atomic E-state index is 0.449. The zero-order chi connectivity index (χ0) is 8.93. The van der Waals surface area contributed by atoms with Crippen LogP contribution in [0.3, 0.4) is 0 Å². The van der Waals surface area contributed by atoms with E-state index in [0.29, 0.717) is 4.90 Å². The second-order valence-electron chi connectivity index (χ2n) is 2.94. The Morgan fingerprint density at radius 1 is 1.33 bits per heavy atom. The van der Waals surface area contributed by atoms with Gasteiger partial charge in [0.15, 0.2) is 0 Å². The van der Waals surface area contributed by atoms with Crippen molar-refractivity contribution in [3.8, 4) is 0 Å². The van der Waals surface area contributed by atoms with E-state index in [1.165, 1.54) is 4.31 Å². The lowest BCUT2D eigenvalue weighted by molar-refractivity contribution is 0.587. The van der Waals surface area contributed by atoms with Gasteiger partial charge in [-0.1, -0.05) is 6.07 Å². The highest BCUT2D eigenvalue weighted by atomic mass is 32.2. The van der Waals surface area contributed by atoms with Gasteiger partial charge in [-0.25, -0.2) is 8.42 Å². The molecule has 0 saturated carbocycles. The SMILES string of the molecule is Cc1ccc2c(c1)S(=O)(=O)N2C. The Bertz CT molecular complexity index is 436. The van der Waals surface area contributed by atoms with E-state index in [1.807, 2.05) is 19.1 Å². The molecule has 0 fully saturated rings. The van der Waals surface area contributed by atoms with Gasteiger partial charge in [0, 0.05) is 7.05 Å². The Hall–Kier alpha value is -1.03. The molecule has 0 atom stereocenters. The first-order valence-electron chi connectivity index (χ1n) is 3.63. The van der Waals surface area contributed by atoms with Gasteiger partial charge >= 0.3 is 0 Å². The fraction of sp³-hybridized carbons (Fsp3) is 0.250. The van der Waals surface area contributed by atoms with Crippen molar-refractivity contribution in [3.63, 3.8) is 0 Å². The summed E-state index contributed by atoms with van der Waals surface area (Å²) in [5.41, 5.74) is 1.77. The number of anilines is 1. The smallest absolute Gasteiger partial charge is 0.266 e. The summed E-state index contributed by atoms with van der Waals surface area (Å²) in [6.07, 6.45) is 0. The lowest BCUT2D eigenvalue weighted by atomic mass is 10.2. The number of sulfonamides is 1. The predicted octanol–water partition coefficient (Wildman–Crippen LogP) is 1.13. The molecule has 0 spiro atoms. The molecule has 1 heterocycles. The lowest BCUT2D eigenvalue weighted by Gasteiger charge is -2.31. The zero-order valence-electron chi connectivity index (χ0n) is 6.90. The minimum Gasteiger partial charge on any atom is -0.268 e. The van der Waals surface area contributed by atoms with Crippen LogP contribution < -0.4 is 4.31 Å². The first-order valence-corrected chi connectivity index (χ1v) is 5.07. The Balaban J connectivity index is 2.73. The van der Waals surface area contributed by atoms with E-state index in [9.17, 15) is 8.42 Å². The number of rotatable bonds is 0. The van der Waals surface area contributed by atoms with E-state index in [2.05, 4.69) is 0 Å². The van der Waals surface area contributed by atoms with Crippen molar-refractivity contribution in [1.82, 2.24) is 0 Å². The van der Waals surface area contributed by atoms with Crippen LogP contribution in [0, 0.1) is 6.92 Å². The van der Waals surface area contributed by atoms with Crippen molar-refractivity contribution in [3.05, 3.63) is 23.8 Å². The summed E-state index contributed by atoms with van der Waals surface area (Å²) < 4.78 is 23.9. The molecule has 0 aliphatic carbocycles. The van der Waals surface area contributed by atoms with Gasteiger partial charge in [0.1, 0.15) is 4.90 Å². The molecule has 0 aromatic heterocycles. The van der Waals surface area contributed by atoms with Gasteiger partial charge in [-0.15, -0.1) is 0 Å². The van der Waals surface area contributed by atoms with Crippen molar-refractivity contribution in [2.45, 2.75) is 11.8 Å². The van der Waals surface area contributed by atoms with Gasteiger partial charge in [-0.05, 0) is 24.6 Å². The van der Waals surface area contributed by atoms with Gasteiger partial charge in [0.05, 0.1) is 5.69 Å². The molecule has 0 saturated heterocycles. The molecule has 0 N–H and O–H groups in total. The lowest BCUT2D eigenvalue weighted by Crippen LogP contribution is -2.36. The molecule has 2 rings (SSSR count). The third-order valence-electron chi connectivity index (χ3n) is 2.09. The Morgan fingerprint density at radius 3 is 2.67 bits per heavy atom. The van der Waals surface area contributed by atoms with Crippen LogP contribution in [0.1, 0.15) is 5.56 Å². The van der Waals surface area contributed by atoms with Crippen LogP contribution in [0.15, 0.2) is 23.1 Å². The van der Waals surface area contributed by atoms with Crippen molar-refractivity contribution in [1.29, 1.82) is 0 Å². The summed E-state index contributed by atoms with van der Waals surface area (Å²) in [4.78, 5) is 0.449. The van der Waals surface area contributed by atoms with Gasteiger partial charge in [-0.3, -0.25) is 4.31 Å². The van der Waals surface area contributed by atoms with Gasteiger partial charge in [0.25, 0.3) is 10.0 Å². The molecule has 4 heteroatoms. The highest BCUT2D eigenvalue weighted by Gasteiger charge is 2.36. The van der Waals surface area contributed by atoms with E-state index >= 15 is 0 Å². The van der Waals surface area contributed by atoms with Crippen LogP contribution in [0.2, 0.25) is 0 Å². The van der Waals surface area contributed by atoms with Crippen molar-refractivity contribution in [2.24, 2.45) is 0 Å². The van der Waals surface area contributed by atoms with Crippen LogP contribution in [-0.2, 0) is 10.0 Å². The van der Waals surface area contributed by atoms with Crippen LogP contribution in [0.25, 0.3) is 0 Å². The standard InChI is InChI=1S/C8H9NO2S/c1-6-3-4-7-8(5-6)12(10,11)9(7)2/h3-5H,1-2H3. The van der Waals surface area contributed by atoms with Crippen LogP contribution in [-0.4, -0.2) is 15.5 Å². The average Bonchev–Trinajstić information content (AvgIpc) is 2.04. The quantitative estimate of drug-likeness (QED) is 0.604. The predicted molar refractivity (Wildman–Crippen MR) is 46.8 cm³/mol. The first kappa shape index (κ1) is 7.61. The van der Waals surface area contributed by atoms with Crippen LogP contribution in [0.5, 0.6) is 0 Å². The van der Waals surface area contributed by atoms with Gasteiger partial charge < -0.3 is 0 Å². The molecular weight excluding hydrogens is 174 g/mol. The highest BCUT2D eigenvalue weighted by Crippen LogP contribution is 2.38. The highest BCUT2D eigenvalue weighted by molar-refractivity contribution is 7.94. The maximum atomic E-state index is 11.3. The maximum absolute atomic E-state index is 11.3. The first-order chi connectivity index (χ1) is 5.53. The second kappa shape index (κ2) is 2.01. The second-order valence-corrected chi connectivity index (χ2v) is 4.88. The maximum Gasteiger partial charge on any atom is 0.266 e. The third kappa shape index (κ3) is 0.728. The minimum atomic E-state index is -3.11. The summed E-state index contributed by atoms with van der Waals surface area (Å²) in [5.74, 6) is 0. The number of hydrogen-bond donors (Lipinski definition) is 0. The number of benzene rings is 1. The van der Waals surface area contributed by atoms with Gasteiger partial charge in [0.2, 0.25) is 0 Å². The molecule has 3 nitrogen and oxygen atoms in total. The number of hydrogen-bond acceptors (Lipinski definition) is 2. The van der Waals surface area contributed by atoms with Crippen LogP contribution in [0.4, 0.5) is 5.69 Å². The van der Waals surface area contributed by atoms with E-state index in [-0.39, 0.29) is 0 Å². The van der Waals surface area contributed by atoms with E-state index < -0.39 is 10.0 Å². The summed E-state index contributed by atoms with van der Waals surface area (Å²) in [6.45, 7) is 1.88. The molecule has 12 heavy (non-hydrogen) atoms. The molecular formula is C8H9NO2S. The summed E-state index contributed by atoms with van der Waals surface area (Å²) >= 11 is 0. The Kier molecular flexibility index (Phi) is 1.28. The van der Waals surface area contributed by atoms with Crippen molar-refractivity contribution < 1.29 is 8.42 Å². The molecule has 0 bridgehead atoms. The van der Waals surface area contributed by atoms with E-state index in [4.69, 9.17) is 0 Å². The molecule has 1 aromatic carbocycles. The molecule has 64 valence electrons. The van der Waals surface area contributed by atoms with E-state index in [1.54, 1.807) is 13.1 Å². The average molecular weight is 183 g/mol. The normalized spacial score (nSPS) is 18.3. The summed E-state index contributed by atoms with van der Waals surface area (Å²) in [5, 5.41) is 0. The largest absolute Gasteiger partial charge is 0.268 e.